The summed E-state index contributed by atoms with van der Waals surface area (Å²) in [6, 6.07) is 0.0696. The van der Waals surface area contributed by atoms with Crippen molar-refractivity contribution in [3.63, 3.8) is 0 Å². The van der Waals surface area contributed by atoms with Crippen molar-refractivity contribution in [3.05, 3.63) is 22.3 Å². The van der Waals surface area contributed by atoms with E-state index in [-0.39, 0.29) is 16.6 Å². The summed E-state index contributed by atoms with van der Waals surface area (Å²) in [5.74, 6) is 0. The molecule has 0 saturated carbocycles. The number of aromatic nitrogens is 3. The summed E-state index contributed by atoms with van der Waals surface area (Å²) in [6.07, 6.45) is 7.76. The summed E-state index contributed by atoms with van der Waals surface area (Å²) in [7, 11) is 0. The summed E-state index contributed by atoms with van der Waals surface area (Å²) in [5.41, 5.74) is 3.86. The average Bonchev–Trinajstić information content (AvgIpc) is 2.53. The molecule has 0 bridgehead atoms. The first-order valence-electron chi connectivity index (χ1n) is 5.43. The molecular weight excluding hydrogens is 263 g/mol. The Morgan fingerprint density at radius 1 is 1.06 bits per heavy atom. The smallest absolute Gasteiger partial charge is 0.340 e. The lowest BCUT2D eigenvalue weighted by molar-refractivity contribution is 0.203. The fraction of sp³-hybridized carbons (Fsp3) is 0.500. The number of hydroxylamine groups is 1. The van der Waals surface area contributed by atoms with Crippen LogP contribution in [0.5, 0.6) is 6.01 Å². The van der Waals surface area contributed by atoms with Crippen molar-refractivity contribution in [2.45, 2.75) is 32.1 Å². The maximum absolute atomic E-state index is 5.63. The van der Waals surface area contributed by atoms with Crippen molar-refractivity contribution in [3.8, 4) is 6.01 Å². The lowest BCUT2D eigenvalue weighted by Crippen LogP contribution is -2.19. The molecule has 0 unspecified atom stereocenters. The lowest BCUT2D eigenvalue weighted by atomic mass is 10.2. The Kier molecular flexibility index (Phi) is 4.39. The van der Waals surface area contributed by atoms with Crippen molar-refractivity contribution in [1.82, 2.24) is 20.4 Å². The molecule has 0 spiro atoms. The predicted molar refractivity (Wildman–Crippen MR) is 64.8 cm³/mol. The van der Waals surface area contributed by atoms with Crippen LogP contribution >= 0.6 is 23.2 Å². The van der Waals surface area contributed by atoms with Gasteiger partial charge >= 0.3 is 6.01 Å². The fourth-order valence-electron chi connectivity index (χ4n) is 1.57. The van der Waals surface area contributed by atoms with Crippen molar-refractivity contribution < 1.29 is 4.84 Å². The predicted octanol–water partition coefficient (Wildman–Crippen LogP) is 2.91. The van der Waals surface area contributed by atoms with Gasteiger partial charge in [0, 0.05) is 5.70 Å². The monoisotopic (exact) mass is 274 g/mol. The highest BCUT2D eigenvalue weighted by atomic mass is 35.5. The molecule has 1 aromatic rings. The zero-order chi connectivity index (χ0) is 12.1. The molecule has 0 aromatic carbocycles. The molecule has 0 radical (unpaired) electrons. The zero-order valence-electron chi connectivity index (χ0n) is 9.12. The van der Waals surface area contributed by atoms with Crippen LogP contribution in [0.15, 0.2) is 11.8 Å². The van der Waals surface area contributed by atoms with Gasteiger partial charge in [-0.3, -0.25) is 0 Å². The Labute approximate surface area is 109 Å². The number of nitrogens with zero attached hydrogens (tertiary/aromatic N) is 3. The van der Waals surface area contributed by atoms with Gasteiger partial charge in [-0.1, -0.05) is 12.5 Å². The van der Waals surface area contributed by atoms with Crippen LogP contribution in [-0.4, -0.2) is 15.0 Å². The zero-order valence-corrected chi connectivity index (χ0v) is 10.6. The van der Waals surface area contributed by atoms with Gasteiger partial charge in [0.15, 0.2) is 0 Å². The highest BCUT2D eigenvalue weighted by molar-refractivity contribution is 6.31. The van der Waals surface area contributed by atoms with Gasteiger partial charge in [-0.05, 0) is 48.9 Å². The maximum atomic E-state index is 5.63. The lowest BCUT2D eigenvalue weighted by Gasteiger charge is -2.08. The van der Waals surface area contributed by atoms with Crippen LogP contribution in [0.1, 0.15) is 32.1 Å². The minimum atomic E-state index is 0.0108. The summed E-state index contributed by atoms with van der Waals surface area (Å²) < 4.78 is 0. The topological polar surface area (TPSA) is 59.9 Å². The second kappa shape index (κ2) is 6.02. The standard InChI is InChI=1S/C10H12Cl2N4O/c11-8-13-9(12)15-10(14-8)17-16-7-5-3-1-2-4-6-7/h5,16H,1-4,6H2. The molecule has 1 aliphatic rings. The number of hydrogen-bond donors (Lipinski definition) is 1. The summed E-state index contributed by atoms with van der Waals surface area (Å²) in [4.78, 5) is 16.4. The van der Waals surface area contributed by atoms with Gasteiger partial charge in [-0.15, -0.1) is 0 Å². The van der Waals surface area contributed by atoms with Crippen molar-refractivity contribution in [2.24, 2.45) is 0 Å². The third-order valence-corrected chi connectivity index (χ3v) is 2.71. The molecule has 1 aliphatic carbocycles. The average molecular weight is 275 g/mol. The van der Waals surface area contributed by atoms with E-state index >= 15 is 0 Å². The van der Waals surface area contributed by atoms with Crippen LogP contribution in [0.4, 0.5) is 0 Å². The van der Waals surface area contributed by atoms with Crippen LogP contribution in [0.3, 0.4) is 0 Å². The molecule has 1 aromatic heterocycles. The number of allylic oxidation sites excluding steroid dienone is 2. The van der Waals surface area contributed by atoms with E-state index in [0.29, 0.717) is 0 Å². The molecule has 0 fully saturated rings. The Balaban J connectivity index is 1.94. The Morgan fingerprint density at radius 3 is 2.59 bits per heavy atom. The molecule has 1 heterocycles. The van der Waals surface area contributed by atoms with Gasteiger partial charge in [-0.25, -0.2) is 5.48 Å². The van der Waals surface area contributed by atoms with E-state index in [1.54, 1.807) is 0 Å². The molecule has 7 heteroatoms. The molecule has 2 rings (SSSR count). The molecule has 0 amide bonds. The molecule has 0 atom stereocenters. The number of hydrogen-bond acceptors (Lipinski definition) is 5. The van der Waals surface area contributed by atoms with E-state index in [1.165, 1.54) is 12.8 Å². The van der Waals surface area contributed by atoms with Crippen molar-refractivity contribution in [1.29, 1.82) is 0 Å². The summed E-state index contributed by atoms with van der Waals surface area (Å²) in [6.45, 7) is 0. The minimum Gasteiger partial charge on any atom is -0.340 e. The van der Waals surface area contributed by atoms with E-state index in [9.17, 15) is 0 Å². The molecule has 5 nitrogen and oxygen atoms in total. The normalized spacial score (nSPS) is 16.0. The fourth-order valence-corrected chi connectivity index (χ4v) is 1.92. The Bertz CT molecular complexity index is 405. The molecule has 0 aliphatic heterocycles. The first-order chi connectivity index (χ1) is 8.24. The van der Waals surface area contributed by atoms with Crippen LogP contribution in [0, 0.1) is 0 Å². The van der Waals surface area contributed by atoms with Crippen LogP contribution in [0.25, 0.3) is 0 Å². The molecule has 17 heavy (non-hydrogen) atoms. The van der Waals surface area contributed by atoms with Gasteiger partial charge in [0.1, 0.15) is 0 Å². The SMILES string of the molecule is Clc1nc(Cl)nc(ONC2=CCCCCC2)n1. The van der Waals surface area contributed by atoms with Crippen molar-refractivity contribution in [2.75, 3.05) is 0 Å². The number of nitrogens with one attached hydrogen (secondary N) is 1. The van der Waals surface area contributed by atoms with Crippen molar-refractivity contribution >= 4 is 23.2 Å². The maximum Gasteiger partial charge on any atom is 0.348 e. The van der Waals surface area contributed by atoms with Crippen LogP contribution < -0.4 is 10.3 Å². The van der Waals surface area contributed by atoms with E-state index in [0.717, 1.165) is 25.0 Å². The second-order valence-corrected chi connectivity index (χ2v) is 4.36. The van der Waals surface area contributed by atoms with E-state index in [4.69, 9.17) is 28.0 Å². The third kappa shape index (κ3) is 4.02. The second-order valence-electron chi connectivity index (χ2n) is 3.69. The van der Waals surface area contributed by atoms with Crippen LogP contribution in [0.2, 0.25) is 10.6 Å². The van der Waals surface area contributed by atoms with Gasteiger partial charge in [-0.2, -0.15) is 15.0 Å². The van der Waals surface area contributed by atoms with Gasteiger partial charge in [0.2, 0.25) is 10.6 Å². The Morgan fingerprint density at radius 2 is 1.82 bits per heavy atom. The molecule has 1 N–H and O–H groups in total. The van der Waals surface area contributed by atoms with Gasteiger partial charge in [0.05, 0.1) is 0 Å². The van der Waals surface area contributed by atoms with E-state index in [2.05, 4.69) is 26.5 Å². The van der Waals surface area contributed by atoms with Gasteiger partial charge in [0.25, 0.3) is 0 Å². The first-order valence-corrected chi connectivity index (χ1v) is 6.18. The Hall–Kier alpha value is -1.07. The van der Waals surface area contributed by atoms with E-state index in [1.807, 2.05) is 0 Å². The summed E-state index contributed by atoms with van der Waals surface area (Å²) >= 11 is 11.3. The first kappa shape index (κ1) is 12.4. The largest absolute Gasteiger partial charge is 0.348 e. The molecule has 0 saturated heterocycles. The third-order valence-electron chi connectivity index (χ3n) is 2.37. The van der Waals surface area contributed by atoms with Gasteiger partial charge < -0.3 is 4.84 Å². The quantitative estimate of drug-likeness (QED) is 0.859. The van der Waals surface area contributed by atoms with Crippen LogP contribution in [-0.2, 0) is 0 Å². The number of halogens is 2. The highest BCUT2D eigenvalue weighted by Crippen LogP contribution is 2.16. The van der Waals surface area contributed by atoms with E-state index < -0.39 is 0 Å². The molecule has 92 valence electrons. The minimum absolute atomic E-state index is 0.0108. The molecular formula is C10H12Cl2N4O. The summed E-state index contributed by atoms with van der Waals surface area (Å²) in [5, 5.41) is 0.0216. The highest BCUT2D eigenvalue weighted by Gasteiger charge is 2.07. The number of rotatable bonds is 3.